The third-order valence-electron chi connectivity index (χ3n) is 2.86. The van der Waals surface area contributed by atoms with E-state index in [1.165, 1.54) is 0 Å². The quantitative estimate of drug-likeness (QED) is 0.856. The maximum Gasteiger partial charge on any atom is 0.164 e. The van der Waals surface area contributed by atoms with Crippen LogP contribution in [0.2, 0.25) is 0 Å². The lowest BCUT2D eigenvalue weighted by Crippen LogP contribution is -2.24. The van der Waals surface area contributed by atoms with Gasteiger partial charge >= 0.3 is 0 Å². The molecule has 19 heavy (non-hydrogen) atoms. The summed E-state index contributed by atoms with van der Waals surface area (Å²) in [5, 5.41) is 14.4. The van der Waals surface area contributed by atoms with E-state index in [9.17, 15) is 13.9 Å². The molecular weight excluding hydrogens is 250 g/mol. The average Bonchev–Trinajstić information content (AvgIpc) is 2.54. The summed E-state index contributed by atoms with van der Waals surface area (Å²) < 4.78 is 28.1. The lowest BCUT2D eigenvalue weighted by atomic mass is 10.1. The normalized spacial score (nSPS) is 11.9. The van der Waals surface area contributed by atoms with Crippen LogP contribution in [-0.4, -0.2) is 14.9 Å². The Morgan fingerprint density at radius 1 is 1.11 bits per heavy atom. The molecule has 102 valence electrons. The lowest BCUT2D eigenvalue weighted by molar-refractivity contribution is 0.345. The third-order valence-corrected chi connectivity index (χ3v) is 2.86. The van der Waals surface area contributed by atoms with Gasteiger partial charge in [-0.2, -0.15) is 5.10 Å². The van der Waals surface area contributed by atoms with Gasteiger partial charge in [-0.1, -0.05) is 0 Å². The second-order valence-corrected chi connectivity index (χ2v) is 5.52. The van der Waals surface area contributed by atoms with Gasteiger partial charge in [-0.15, -0.1) is 0 Å². The van der Waals surface area contributed by atoms with Crippen LogP contribution in [0.4, 0.5) is 8.78 Å². The first kappa shape index (κ1) is 13.5. The number of halogens is 2. The van der Waals surface area contributed by atoms with Crippen LogP contribution in [0.1, 0.15) is 26.5 Å². The summed E-state index contributed by atoms with van der Waals surface area (Å²) in [5.74, 6) is -1.45. The molecule has 1 aromatic heterocycles. The third kappa shape index (κ3) is 2.45. The molecule has 0 aliphatic rings. The van der Waals surface area contributed by atoms with E-state index in [1.807, 2.05) is 20.8 Å². The van der Waals surface area contributed by atoms with Gasteiger partial charge < -0.3 is 5.11 Å². The van der Waals surface area contributed by atoms with Gasteiger partial charge in [-0.3, -0.25) is 4.68 Å². The van der Waals surface area contributed by atoms with Crippen LogP contribution in [0.25, 0.3) is 11.3 Å². The Balaban J connectivity index is 2.64. The van der Waals surface area contributed by atoms with Gasteiger partial charge in [0.2, 0.25) is 0 Å². The van der Waals surface area contributed by atoms with Gasteiger partial charge in [0.15, 0.2) is 5.75 Å². The van der Waals surface area contributed by atoms with Gasteiger partial charge in [0.05, 0.1) is 11.2 Å². The van der Waals surface area contributed by atoms with Crippen molar-refractivity contribution >= 4 is 0 Å². The molecule has 1 heterocycles. The summed E-state index contributed by atoms with van der Waals surface area (Å²) in [6.07, 6.45) is 0. The largest absolute Gasteiger partial charge is 0.504 e. The molecule has 3 nitrogen and oxygen atoms in total. The lowest BCUT2D eigenvalue weighted by Gasteiger charge is -2.20. The predicted molar refractivity (Wildman–Crippen MR) is 69.0 cm³/mol. The molecule has 0 unspecified atom stereocenters. The van der Waals surface area contributed by atoms with Crippen LogP contribution in [0.5, 0.6) is 5.75 Å². The number of rotatable bonds is 1. The zero-order valence-electron chi connectivity index (χ0n) is 11.3. The first-order chi connectivity index (χ1) is 8.70. The van der Waals surface area contributed by atoms with E-state index in [0.717, 1.165) is 18.2 Å². The first-order valence-electron chi connectivity index (χ1n) is 5.95. The van der Waals surface area contributed by atoms with Gasteiger partial charge in [0, 0.05) is 11.6 Å². The molecule has 0 saturated carbocycles. The molecule has 0 atom stereocenters. The predicted octanol–water partition coefficient (Wildman–Crippen LogP) is 3.60. The summed E-state index contributed by atoms with van der Waals surface area (Å²) in [6.45, 7) is 7.51. The smallest absolute Gasteiger partial charge is 0.164 e. The zero-order valence-corrected chi connectivity index (χ0v) is 11.3. The molecule has 0 radical (unpaired) electrons. The summed E-state index contributed by atoms with van der Waals surface area (Å²) in [7, 11) is 0. The topological polar surface area (TPSA) is 38.1 Å². The molecule has 0 spiro atoms. The number of hydrogen-bond donors (Lipinski definition) is 1. The van der Waals surface area contributed by atoms with Crippen LogP contribution in [0.3, 0.4) is 0 Å². The Hall–Kier alpha value is -1.91. The fourth-order valence-electron chi connectivity index (χ4n) is 2.03. The van der Waals surface area contributed by atoms with E-state index < -0.39 is 11.6 Å². The number of benzene rings is 1. The van der Waals surface area contributed by atoms with Crippen molar-refractivity contribution in [2.75, 3.05) is 0 Å². The second-order valence-electron chi connectivity index (χ2n) is 5.52. The minimum atomic E-state index is -0.697. The molecule has 0 amide bonds. The zero-order chi connectivity index (χ0) is 14.4. The van der Waals surface area contributed by atoms with Crippen LogP contribution < -0.4 is 0 Å². The number of aromatic nitrogens is 2. The van der Waals surface area contributed by atoms with Crippen molar-refractivity contribution in [1.29, 1.82) is 0 Å². The van der Waals surface area contributed by atoms with Crippen molar-refractivity contribution in [3.8, 4) is 17.0 Å². The molecule has 0 bridgehead atoms. The highest BCUT2D eigenvalue weighted by Crippen LogP contribution is 2.34. The molecule has 1 N–H and O–H groups in total. The molecule has 5 heteroatoms. The highest BCUT2D eigenvalue weighted by molar-refractivity contribution is 5.67. The number of aromatic hydroxyl groups is 1. The molecule has 2 aromatic rings. The van der Waals surface area contributed by atoms with Crippen molar-refractivity contribution in [1.82, 2.24) is 9.78 Å². The Morgan fingerprint density at radius 3 is 2.05 bits per heavy atom. The molecule has 0 fully saturated rings. The van der Waals surface area contributed by atoms with Crippen LogP contribution in [0, 0.1) is 18.6 Å². The van der Waals surface area contributed by atoms with Gasteiger partial charge in [0.25, 0.3) is 0 Å². The summed E-state index contributed by atoms with van der Waals surface area (Å²) in [4.78, 5) is 0. The van der Waals surface area contributed by atoms with E-state index in [4.69, 9.17) is 0 Å². The minimum absolute atomic E-state index is 0.0556. The van der Waals surface area contributed by atoms with E-state index >= 15 is 0 Å². The van der Waals surface area contributed by atoms with Crippen LogP contribution >= 0.6 is 0 Å². The molecular formula is C14H16F2N2O. The van der Waals surface area contributed by atoms with Gasteiger partial charge in [0.1, 0.15) is 17.3 Å². The van der Waals surface area contributed by atoms with Crippen molar-refractivity contribution in [2.45, 2.75) is 33.2 Å². The molecule has 0 saturated heterocycles. The fraction of sp³-hybridized carbons (Fsp3) is 0.357. The van der Waals surface area contributed by atoms with Crippen molar-refractivity contribution in [2.24, 2.45) is 0 Å². The molecule has 0 aliphatic heterocycles. The summed E-state index contributed by atoms with van der Waals surface area (Å²) in [5.41, 5.74) is 0.644. The van der Waals surface area contributed by atoms with Crippen molar-refractivity contribution in [3.05, 3.63) is 35.5 Å². The standard InChI is InChI=1S/C14H16F2N2O/c1-8-13(19)12(17-18(8)14(2,3)4)9-5-10(15)7-11(16)6-9/h5-7,19H,1-4H3. The van der Waals surface area contributed by atoms with Crippen molar-refractivity contribution in [3.63, 3.8) is 0 Å². The van der Waals surface area contributed by atoms with E-state index in [1.54, 1.807) is 11.6 Å². The number of nitrogens with zero attached hydrogens (tertiary/aromatic N) is 2. The highest BCUT2D eigenvalue weighted by Gasteiger charge is 2.23. The molecule has 1 aromatic carbocycles. The van der Waals surface area contributed by atoms with Crippen LogP contribution in [0.15, 0.2) is 18.2 Å². The van der Waals surface area contributed by atoms with E-state index in [0.29, 0.717) is 5.69 Å². The fourth-order valence-corrected chi connectivity index (χ4v) is 2.03. The molecule has 2 rings (SSSR count). The van der Waals surface area contributed by atoms with E-state index in [2.05, 4.69) is 5.10 Å². The highest BCUT2D eigenvalue weighted by atomic mass is 19.1. The second kappa shape index (κ2) is 4.33. The minimum Gasteiger partial charge on any atom is -0.504 e. The van der Waals surface area contributed by atoms with Gasteiger partial charge in [-0.25, -0.2) is 8.78 Å². The Morgan fingerprint density at radius 2 is 1.63 bits per heavy atom. The maximum atomic E-state index is 13.2. The first-order valence-corrected chi connectivity index (χ1v) is 5.95. The van der Waals surface area contributed by atoms with E-state index in [-0.39, 0.29) is 22.5 Å². The Bertz CT molecular complexity index is 607. The number of hydrogen-bond acceptors (Lipinski definition) is 2. The average molecular weight is 266 g/mol. The maximum absolute atomic E-state index is 13.2. The summed E-state index contributed by atoms with van der Waals surface area (Å²) >= 11 is 0. The summed E-state index contributed by atoms with van der Waals surface area (Å²) in [6, 6.07) is 3.09. The SMILES string of the molecule is Cc1c(O)c(-c2cc(F)cc(F)c2)nn1C(C)(C)C. The van der Waals surface area contributed by atoms with Gasteiger partial charge in [-0.05, 0) is 39.8 Å². The Kier molecular flexibility index (Phi) is 3.08. The monoisotopic (exact) mass is 266 g/mol. The Labute approximate surface area is 110 Å². The molecule has 0 aliphatic carbocycles. The van der Waals surface area contributed by atoms with Crippen molar-refractivity contribution < 1.29 is 13.9 Å². The van der Waals surface area contributed by atoms with Crippen LogP contribution in [-0.2, 0) is 5.54 Å².